The second-order valence-corrected chi connectivity index (χ2v) is 8.27. The van der Waals surface area contributed by atoms with Crippen molar-refractivity contribution in [3.63, 3.8) is 0 Å². The van der Waals surface area contributed by atoms with Crippen LogP contribution in [0.2, 0.25) is 0 Å². The average molecular weight is 594 g/mol. The summed E-state index contributed by atoms with van der Waals surface area (Å²) in [6.07, 6.45) is 1.39. The van der Waals surface area contributed by atoms with Crippen LogP contribution in [0.15, 0.2) is 68.6 Å². The number of non-ortho nitro benzene ring substituents is 1. The number of amides is 1. The number of carbonyl (C=O) groups is 1. The molecule has 0 aliphatic heterocycles. The van der Waals surface area contributed by atoms with Gasteiger partial charge in [-0.2, -0.15) is 5.10 Å². The number of carbonyl (C=O) groups excluding carboxylic acids is 1. The van der Waals surface area contributed by atoms with Crippen molar-refractivity contribution < 1.29 is 24.1 Å². The maximum Gasteiger partial charge on any atom is 0.318 e. The van der Waals surface area contributed by atoms with E-state index in [-0.39, 0.29) is 11.5 Å². The van der Waals surface area contributed by atoms with E-state index in [2.05, 4.69) is 42.4 Å². The highest BCUT2D eigenvalue weighted by Gasteiger charge is 2.22. The molecule has 0 heterocycles. The lowest BCUT2D eigenvalue weighted by atomic mass is 10.2. The molecule has 0 aliphatic rings. The van der Waals surface area contributed by atoms with Gasteiger partial charge in [0.05, 0.1) is 39.3 Å². The molecule has 0 unspecified atom stereocenters. The highest BCUT2D eigenvalue weighted by Crippen LogP contribution is 2.37. The lowest BCUT2D eigenvalue weighted by Gasteiger charge is -2.09. The Kier molecular flexibility index (Phi) is 7.91. The number of hydrazone groups is 1. The van der Waals surface area contributed by atoms with Crippen LogP contribution >= 0.6 is 31.9 Å². The molecule has 13 heteroatoms. The molecule has 0 fully saturated rings. The summed E-state index contributed by atoms with van der Waals surface area (Å²) >= 11 is 6.62. The van der Waals surface area contributed by atoms with Gasteiger partial charge in [0.2, 0.25) is 5.75 Å². The van der Waals surface area contributed by atoms with Crippen LogP contribution in [0.1, 0.15) is 15.9 Å². The molecule has 34 heavy (non-hydrogen) atoms. The van der Waals surface area contributed by atoms with Gasteiger partial charge in [0.1, 0.15) is 11.5 Å². The first kappa shape index (κ1) is 24.8. The van der Waals surface area contributed by atoms with Crippen molar-refractivity contribution in [1.29, 1.82) is 0 Å². The second kappa shape index (κ2) is 10.9. The third kappa shape index (κ3) is 5.94. The summed E-state index contributed by atoms with van der Waals surface area (Å²) in [7, 11) is 1.45. The van der Waals surface area contributed by atoms with E-state index in [4.69, 9.17) is 9.47 Å². The zero-order chi connectivity index (χ0) is 24.8. The van der Waals surface area contributed by atoms with Gasteiger partial charge in [0.25, 0.3) is 11.6 Å². The van der Waals surface area contributed by atoms with Crippen LogP contribution in [0.25, 0.3) is 0 Å². The fraction of sp³-hybridized carbons (Fsp3) is 0.0476. The molecule has 0 bridgehead atoms. The largest absolute Gasteiger partial charge is 0.496 e. The van der Waals surface area contributed by atoms with E-state index in [1.54, 1.807) is 30.3 Å². The smallest absolute Gasteiger partial charge is 0.318 e. The maximum absolute atomic E-state index is 12.4. The first-order chi connectivity index (χ1) is 16.2. The molecule has 3 aromatic rings. The molecule has 1 N–H and O–H groups in total. The Labute approximate surface area is 208 Å². The molecular formula is C21H14Br2N4O7. The van der Waals surface area contributed by atoms with Crippen molar-refractivity contribution in [3.05, 3.63) is 94.9 Å². The minimum absolute atomic E-state index is 0.159. The fourth-order valence-electron chi connectivity index (χ4n) is 2.73. The van der Waals surface area contributed by atoms with Gasteiger partial charge in [-0.3, -0.25) is 25.0 Å². The highest BCUT2D eigenvalue weighted by molar-refractivity contribution is 9.10. The zero-order valence-electron chi connectivity index (χ0n) is 17.2. The standard InChI is InChI=1S/C21H14Br2N4O7/c1-33-18-6-3-13(22)9-15(18)21(28)25-24-11-12-2-5-19(16(23)8-12)34-20-7-4-14(26(29)30)10-17(20)27(31)32/h2-11H,1H3,(H,25,28)/b24-11-. The van der Waals surface area contributed by atoms with Gasteiger partial charge in [-0.25, -0.2) is 5.43 Å². The number of ether oxygens (including phenoxy) is 2. The Morgan fingerprint density at radius 2 is 1.68 bits per heavy atom. The van der Waals surface area contributed by atoms with Gasteiger partial charge < -0.3 is 9.47 Å². The summed E-state index contributed by atoms with van der Waals surface area (Å²) in [5.41, 5.74) is 2.32. The van der Waals surface area contributed by atoms with Crippen LogP contribution in [0.3, 0.4) is 0 Å². The number of methoxy groups -OCH3 is 1. The molecule has 0 atom stereocenters. The minimum atomic E-state index is -0.764. The normalized spacial score (nSPS) is 10.7. The maximum atomic E-state index is 12.4. The van der Waals surface area contributed by atoms with E-state index in [9.17, 15) is 25.0 Å². The van der Waals surface area contributed by atoms with E-state index in [0.717, 1.165) is 18.2 Å². The molecule has 0 radical (unpaired) electrons. The van der Waals surface area contributed by atoms with Crippen molar-refractivity contribution in [2.75, 3.05) is 7.11 Å². The van der Waals surface area contributed by atoms with Crippen molar-refractivity contribution >= 4 is 55.4 Å². The molecule has 174 valence electrons. The van der Waals surface area contributed by atoms with Crippen LogP contribution in [-0.4, -0.2) is 29.1 Å². The second-order valence-electron chi connectivity index (χ2n) is 6.50. The fourth-order valence-corrected chi connectivity index (χ4v) is 3.57. The topological polar surface area (TPSA) is 146 Å². The number of nitrogens with zero attached hydrogens (tertiary/aromatic N) is 3. The monoisotopic (exact) mass is 592 g/mol. The lowest BCUT2D eigenvalue weighted by molar-refractivity contribution is -0.394. The molecule has 3 rings (SSSR count). The van der Waals surface area contributed by atoms with Crippen molar-refractivity contribution in [2.24, 2.45) is 5.10 Å². The molecule has 11 nitrogen and oxygen atoms in total. The molecule has 0 saturated carbocycles. The molecule has 0 aliphatic carbocycles. The van der Waals surface area contributed by atoms with Crippen LogP contribution in [-0.2, 0) is 0 Å². The number of nitrogens with one attached hydrogen (secondary N) is 1. The van der Waals surface area contributed by atoms with E-state index < -0.39 is 27.1 Å². The highest BCUT2D eigenvalue weighted by atomic mass is 79.9. The Morgan fingerprint density at radius 3 is 2.32 bits per heavy atom. The molecule has 0 spiro atoms. The van der Waals surface area contributed by atoms with Gasteiger partial charge in [-0.15, -0.1) is 0 Å². The number of hydrogen-bond acceptors (Lipinski definition) is 8. The van der Waals surface area contributed by atoms with Gasteiger partial charge >= 0.3 is 5.69 Å². The number of nitro groups is 2. The summed E-state index contributed by atoms with van der Waals surface area (Å²) in [4.78, 5) is 33.1. The molecular weight excluding hydrogens is 580 g/mol. The zero-order valence-corrected chi connectivity index (χ0v) is 20.4. The lowest BCUT2D eigenvalue weighted by Crippen LogP contribution is -2.18. The summed E-state index contributed by atoms with van der Waals surface area (Å²) in [5, 5.41) is 26.1. The van der Waals surface area contributed by atoms with Crippen LogP contribution < -0.4 is 14.9 Å². The van der Waals surface area contributed by atoms with E-state index in [1.165, 1.54) is 19.4 Å². The molecule has 0 saturated heterocycles. The molecule has 3 aromatic carbocycles. The molecule has 0 aromatic heterocycles. The summed E-state index contributed by atoms with van der Waals surface area (Å²) in [6.45, 7) is 0. The van der Waals surface area contributed by atoms with E-state index in [0.29, 0.717) is 25.8 Å². The van der Waals surface area contributed by atoms with Crippen molar-refractivity contribution in [1.82, 2.24) is 5.43 Å². The Morgan fingerprint density at radius 1 is 0.971 bits per heavy atom. The molecule has 1 amide bonds. The average Bonchev–Trinajstić information content (AvgIpc) is 2.80. The van der Waals surface area contributed by atoms with Crippen LogP contribution in [0.5, 0.6) is 17.2 Å². The van der Waals surface area contributed by atoms with Crippen LogP contribution in [0.4, 0.5) is 11.4 Å². The number of hydrogen-bond donors (Lipinski definition) is 1. The summed E-state index contributed by atoms with van der Waals surface area (Å²) < 4.78 is 11.9. The van der Waals surface area contributed by atoms with Gasteiger partial charge in [-0.1, -0.05) is 15.9 Å². The van der Waals surface area contributed by atoms with Crippen molar-refractivity contribution in [3.8, 4) is 17.2 Å². The van der Waals surface area contributed by atoms with E-state index >= 15 is 0 Å². The Balaban J connectivity index is 1.74. The predicted molar refractivity (Wildman–Crippen MR) is 130 cm³/mol. The van der Waals surface area contributed by atoms with Gasteiger partial charge in [0.15, 0.2) is 0 Å². The predicted octanol–water partition coefficient (Wildman–Crippen LogP) is 5.59. The van der Waals surface area contributed by atoms with Crippen LogP contribution in [0, 0.1) is 20.2 Å². The number of nitro benzene ring substituents is 2. The number of rotatable bonds is 8. The third-order valence-corrected chi connectivity index (χ3v) is 5.42. The third-order valence-electron chi connectivity index (χ3n) is 4.31. The van der Waals surface area contributed by atoms with E-state index in [1.807, 2.05) is 0 Å². The van der Waals surface area contributed by atoms with Crippen molar-refractivity contribution in [2.45, 2.75) is 0 Å². The summed E-state index contributed by atoms with van der Waals surface area (Å²) in [5.74, 6) is -0.00987. The minimum Gasteiger partial charge on any atom is -0.496 e. The first-order valence-corrected chi connectivity index (χ1v) is 10.9. The quantitative estimate of drug-likeness (QED) is 0.203. The van der Waals surface area contributed by atoms with Gasteiger partial charge in [0, 0.05) is 10.5 Å². The SMILES string of the molecule is COc1ccc(Br)cc1C(=O)N/N=C\c1ccc(Oc2ccc([N+](=O)[O-])cc2[N+](=O)[O-])c(Br)c1. The van der Waals surface area contributed by atoms with Gasteiger partial charge in [-0.05, 0) is 64.0 Å². The first-order valence-electron chi connectivity index (χ1n) is 9.26. The summed E-state index contributed by atoms with van der Waals surface area (Å²) in [6, 6.07) is 12.8. The Hall–Kier alpha value is -3.84. The number of benzene rings is 3. The Bertz CT molecular complexity index is 1310. The number of halogens is 2.